The average Bonchev–Trinajstić information content (AvgIpc) is 2.57. The van der Waals surface area contributed by atoms with Crippen LogP contribution in [0.3, 0.4) is 0 Å². The Balaban J connectivity index is 2.10. The van der Waals surface area contributed by atoms with Crippen LogP contribution in [0.15, 0.2) is 54.6 Å². The van der Waals surface area contributed by atoms with Crippen molar-refractivity contribution < 1.29 is 9.59 Å². The van der Waals surface area contributed by atoms with Crippen molar-refractivity contribution in [1.29, 1.82) is 0 Å². The van der Waals surface area contributed by atoms with Gasteiger partial charge in [-0.3, -0.25) is 14.5 Å². The molecule has 2 N–H and O–H groups in total. The molecule has 0 aliphatic rings. The first-order valence-corrected chi connectivity index (χ1v) is 7.91. The van der Waals surface area contributed by atoms with Gasteiger partial charge in [-0.25, -0.2) is 0 Å². The van der Waals surface area contributed by atoms with E-state index >= 15 is 0 Å². The van der Waals surface area contributed by atoms with Crippen LogP contribution in [0, 0.1) is 0 Å². The quantitative estimate of drug-likeness (QED) is 0.846. The molecule has 0 unspecified atom stereocenters. The van der Waals surface area contributed by atoms with E-state index < -0.39 is 6.04 Å². The molecule has 0 saturated heterocycles. The highest BCUT2D eigenvalue weighted by Crippen LogP contribution is 2.21. The minimum Gasteiger partial charge on any atom is -0.358 e. The summed E-state index contributed by atoms with van der Waals surface area (Å²) in [4.78, 5) is 26.2. The van der Waals surface area contributed by atoms with Crippen LogP contribution in [-0.4, -0.2) is 37.4 Å². The molecule has 6 heteroatoms. The summed E-state index contributed by atoms with van der Waals surface area (Å²) in [7, 11) is 3.31. The second kappa shape index (κ2) is 8.47. The molecule has 0 saturated carbocycles. The molecule has 1 atom stereocenters. The lowest BCUT2D eigenvalue weighted by molar-refractivity contribution is -0.126. The Morgan fingerprint density at radius 3 is 2.29 bits per heavy atom. The van der Waals surface area contributed by atoms with E-state index in [0.29, 0.717) is 5.02 Å². The molecule has 0 bridgehead atoms. The van der Waals surface area contributed by atoms with E-state index in [0.717, 1.165) is 11.3 Å². The first-order chi connectivity index (χ1) is 11.5. The summed E-state index contributed by atoms with van der Waals surface area (Å²) in [5.41, 5.74) is 1.49. The first-order valence-electron chi connectivity index (χ1n) is 7.53. The summed E-state index contributed by atoms with van der Waals surface area (Å²) in [6, 6.07) is 15.6. The molecule has 24 heavy (non-hydrogen) atoms. The number of carbonyl (C=O) groups excluding carboxylic acids is 2. The Morgan fingerprint density at radius 2 is 1.71 bits per heavy atom. The lowest BCUT2D eigenvalue weighted by atomic mass is 10.0. The van der Waals surface area contributed by atoms with Gasteiger partial charge < -0.3 is 10.6 Å². The summed E-state index contributed by atoms with van der Waals surface area (Å²) >= 11 is 5.91. The zero-order valence-corrected chi connectivity index (χ0v) is 14.4. The van der Waals surface area contributed by atoms with Crippen molar-refractivity contribution >= 4 is 29.1 Å². The maximum atomic E-state index is 12.3. The Hall–Kier alpha value is -2.37. The number of hydrogen-bond acceptors (Lipinski definition) is 3. The fourth-order valence-electron chi connectivity index (χ4n) is 2.43. The van der Waals surface area contributed by atoms with Crippen LogP contribution >= 0.6 is 11.6 Å². The monoisotopic (exact) mass is 345 g/mol. The fraction of sp³-hybridized carbons (Fsp3) is 0.222. The number of likely N-dealkylation sites (N-methyl/N-ethyl adjacent to an activating group) is 2. The van der Waals surface area contributed by atoms with Crippen molar-refractivity contribution in [3.05, 3.63) is 65.2 Å². The number of nitrogens with one attached hydrogen (secondary N) is 2. The smallest absolute Gasteiger partial charge is 0.241 e. The van der Waals surface area contributed by atoms with Gasteiger partial charge in [-0.2, -0.15) is 0 Å². The van der Waals surface area contributed by atoms with E-state index in [4.69, 9.17) is 11.6 Å². The van der Waals surface area contributed by atoms with Gasteiger partial charge in [0.25, 0.3) is 0 Å². The third-order valence-electron chi connectivity index (χ3n) is 3.57. The number of hydrogen-bond donors (Lipinski definition) is 2. The van der Waals surface area contributed by atoms with E-state index in [1.807, 2.05) is 30.3 Å². The lowest BCUT2D eigenvalue weighted by Gasteiger charge is -2.26. The maximum Gasteiger partial charge on any atom is 0.241 e. The number of amides is 2. The van der Waals surface area contributed by atoms with Crippen molar-refractivity contribution in [3.8, 4) is 0 Å². The van der Waals surface area contributed by atoms with Crippen molar-refractivity contribution in [3.63, 3.8) is 0 Å². The van der Waals surface area contributed by atoms with Gasteiger partial charge in [0.05, 0.1) is 6.54 Å². The molecule has 0 fully saturated rings. The van der Waals surface area contributed by atoms with Crippen LogP contribution in [0.1, 0.15) is 11.6 Å². The standard InChI is InChI=1S/C18H20ClN3O2/c1-20-18(24)17(13-8-10-14(19)11-9-13)22(2)12-16(23)21-15-6-4-3-5-7-15/h3-11,17H,12H2,1-2H3,(H,20,24)(H,21,23)/t17-/m0/s1. The topological polar surface area (TPSA) is 61.4 Å². The second-order valence-corrected chi connectivity index (χ2v) is 5.83. The average molecular weight is 346 g/mol. The largest absolute Gasteiger partial charge is 0.358 e. The third kappa shape index (κ3) is 4.81. The molecule has 0 radical (unpaired) electrons. The molecule has 0 spiro atoms. The van der Waals surface area contributed by atoms with Crippen molar-refractivity contribution in [2.45, 2.75) is 6.04 Å². The first kappa shape index (κ1) is 18.0. The van der Waals surface area contributed by atoms with Gasteiger partial charge in [0, 0.05) is 17.8 Å². The highest BCUT2D eigenvalue weighted by atomic mass is 35.5. The van der Waals surface area contributed by atoms with Crippen molar-refractivity contribution in [2.75, 3.05) is 26.0 Å². The van der Waals surface area contributed by atoms with E-state index in [2.05, 4.69) is 10.6 Å². The van der Waals surface area contributed by atoms with Gasteiger partial charge in [-0.15, -0.1) is 0 Å². The van der Waals surface area contributed by atoms with Gasteiger partial charge >= 0.3 is 0 Å². The second-order valence-electron chi connectivity index (χ2n) is 5.40. The summed E-state index contributed by atoms with van der Waals surface area (Å²) in [6.07, 6.45) is 0. The van der Waals surface area contributed by atoms with Crippen LogP contribution < -0.4 is 10.6 Å². The Kier molecular flexibility index (Phi) is 6.35. The summed E-state index contributed by atoms with van der Waals surface area (Å²) in [5, 5.41) is 6.04. The van der Waals surface area contributed by atoms with Crippen LogP contribution in [0.25, 0.3) is 0 Å². The van der Waals surface area contributed by atoms with Gasteiger partial charge in [0.1, 0.15) is 6.04 Å². The van der Waals surface area contributed by atoms with E-state index in [1.165, 1.54) is 0 Å². The number of halogens is 1. The Morgan fingerprint density at radius 1 is 1.08 bits per heavy atom. The minimum atomic E-state index is -0.575. The van der Waals surface area contributed by atoms with Gasteiger partial charge in [0.2, 0.25) is 11.8 Å². The predicted octanol–water partition coefficient (Wildman–Crippen LogP) is 2.70. The number of benzene rings is 2. The molecule has 0 aromatic heterocycles. The van der Waals surface area contributed by atoms with E-state index in [9.17, 15) is 9.59 Å². The van der Waals surface area contributed by atoms with Gasteiger partial charge in [-0.05, 0) is 36.9 Å². The SMILES string of the molecule is CNC(=O)[C@H](c1ccc(Cl)cc1)N(C)CC(=O)Nc1ccccc1. The summed E-state index contributed by atoms with van der Waals surface area (Å²) in [6.45, 7) is 0.0790. The van der Waals surface area contributed by atoms with Crippen LogP contribution in [0.2, 0.25) is 5.02 Å². The Bertz CT molecular complexity index is 689. The zero-order chi connectivity index (χ0) is 17.5. The molecular formula is C18H20ClN3O2. The Labute approximate surface area is 146 Å². The predicted molar refractivity (Wildman–Crippen MR) is 96.0 cm³/mol. The van der Waals surface area contributed by atoms with E-state index in [-0.39, 0.29) is 18.4 Å². The maximum absolute atomic E-state index is 12.3. The molecule has 2 aromatic carbocycles. The van der Waals surface area contributed by atoms with Gasteiger partial charge in [-0.1, -0.05) is 41.9 Å². The molecule has 2 rings (SSSR count). The lowest BCUT2D eigenvalue weighted by Crippen LogP contribution is -2.40. The number of anilines is 1. The normalized spacial score (nSPS) is 11.8. The molecule has 5 nitrogen and oxygen atoms in total. The van der Waals surface area contributed by atoms with Gasteiger partial charge in [0.15, 0.2) is 0 Å². The molecule has 2 amide bonds. The molecule has 0 aliphatic heterocycles. The third-order valence-corrected chi connectivity index (χ3v) is 3.82. The number of carbonyl (C=O) groups is 2. The van der Waals surface area contributed by atoms with Crippen LogP contribution in [-0.2, 0) is 9.59 Å². The summed E-state index contributed by atoms with van der Waals surface area (Å²) in [5.74, 6) is -0.376. The number of rotatable bonds is 6. The highest BCUT2D eigenvalue weighted by molar-refractivity contribution is 6.30. The van der Waals surface area contributed by atoms with Crippen molar-refractivity contribution in [1.82, 2.24) is 10.2 Å². The van der Waals surface area contributed by atoms with E-state index in [1.54, 1.807) is 43.3 Å². The van der Waals surface area contributed by atoms with Crippen LogP contribution in [0.4, 0.5) is 5.69 Å². The zero-order valence-electron chi connectivity index (χ0n) is 13.6. The van der Waals surface area contributed by atoms with Crippen molar-refractivity contribution in [2.24, 2.45) is 0 Å². The molecule has 0 heterocycles. The fourth-order valence-corrected chi connectivity index (χ4v) is 2.55. The molecule has 0 aliphatic carbocycles. The molecular weight excluding hydrogens is 326 g/mol. The highest BCUT2D eigenvalue weighted by Gasteiger charge is 2.25. The van der Waals surface area contributed by atoms with Crippen LogP contribution in [0.5, 0.6) is 0 Å². The molecule has 2 aromatic rings. The summed E-state index contributed by atoms with van der Waals surface area (Å²) < 4.78 is 0. The number of para-hydroxylation sites is 1. The minimum absolute atomic E-state index is 0.0790. The molecule has 126 valence electrons. The number of nitrogens with zero attached hydrogens (tertiary/aromatic N) is 1.